The van der Waals surface area contributed by atoms with Crippen LogP contribution in [0.3, 0.4) is 0 Å². The number of halogens is 1. The van der Waals surface area contributed by atoms with Gasteiger partial charge in [-0.15, -0.1) is 0 Å². The van der Waals surface area contributed by atoms with E-state index in [2.05, 4.69) is 0 Å². The minimum absolute atomic E-state index is 0.169. The van der Waals surface area contributed by atoms with Gasteiger partial charge in [0.15, 0.2) is 9.84 Å². The number of esters is 1. The fourth-order valence-corrected chi connectivity index (χ4v) is 2.44. The number of ether oxygens (including phenoxy) is 1. The fourth-order valence-electron chi connectivity index (χ4n) is 1.35. The monoisotopic (exact) mass is 319 g/mol. The number of hydrogen-bond donors (Lipinski definition) is 1. The van der Waals surface area contributed by atoms with Crippen molar-refractivity contribution in [1.82, 2.24) is 0 Å². The number of benzene rings is 1. The Hall–Kier alpha value is -1.27. The smallest absolute Gasteiger partial charge is 0.340 e. The molecule has 0 bridgehead atoms. The van der Waals surface area contributed by atoms with Crippen molar-refractivity contribution in [3.8, 4) is 0 Å². The molecular weight excluding hydrogens is 302 g/mol. The van der Waals surface area contributed by atoms with Gasteiger partial charge in [-0.1, -0.05) is 11.6 Å². The van der Waals surface area contributed by atoms with Crippen LogP contribution >= 0.6 is 11.6 Å². The third-order valence-corrected chi connectivity index (χ3v) is 5.56. The van der Waals surface area contributed by atoms with Crippen molar-refractivity contribution in [1.29, 1.82) is 0 Å². The molecule has 1 aromatic rings. The number of anilines is 1. The van der Waals surface area contributed by atoms with Gasteiger partial charge in [-0.3, -0.25) is 0 Å². The number of carbonyl (C=O) groups is 1. The standard InChI is InChI=1S/C13H18ClNO4S/c1-13(2,3)20(17,18)7-6-19-12(16)10-5-4-9(14)8-11(10)15/h4-5,8H,6-7,15H2,1-3H3. The summed E-state index contributed by atoms with van der Waals surface area (Å²) in [5.74, 6) is -0.890. The number of nitrogens with two attached hydrogens (primary N) is 1. The minimum Gasteiger partial charge on any atom is -0.461 e. The van der Waals surface area contributed by atoms with E-state index in [0.717, 1.165) is 0 Å². The van der Waals surface area contributed by atoms with Gasteiger partial charge >= 0.3 is 5.97 Å². The molecule has 0 amide bonds. The molecule has 7 heteroatoms. The Balaban J connectivity index is 2.66. The molecule has 5 nitrogen and oxygen atoms in total. The first-order valence-electron chi connectivity index (χ1n) is 5.99. The SMILES string of the molecule is CC(C)(C)S(=O)(=O)CCOC(=O)c1ccc(Cl)cc1N. The molecule has 0 aliphatic rings. The predicted octanol–water partition coefficient (Wildman–Crippen LogP) is 2.29. The molecular formula is C13H18ClNO4S. The van der Waals surface area contributed by atoms with Gasteiger partial charge in [-0.2, -0.15) is 0 Å². The fraction of sp³-hybridized carbons (Fsp3) is 0.462. The third-order valence-electron chi connectivity index (χ3n) is 2.75. The number of hydrogen-bond acceptors (Lipinski definition) is 5. The van der Waals surface area contributed by atoms with Gasteiger partial charge in [-0.05, 0) is 39.0 Å². The van der Waals surface area contributed by atoms with E-state index in [1.54, 1.807) is 20.8 Å². The highest BCUT2D eigenvalue weighted by atomic mass is 35.5. The van der Waals surface area contributed by atoms with E-state index in [0.29, 0.717) is 5.02 Å². The van der Waals surface area contributed by atoms with Crippen LogP contribution in [0.15, 0.2) is 18.2 Å². The Morgan fingerprint density at radius 1 is 1.35 bits per heavy atom. The number of sulfone groups is 1. The van der Waals surface area contributed by atoms with Crippen LogP contribution in [-0.2, 0) is 14.6 Å². The van der Waals surface area contributed by atoms with E-state index in [1.807, 2.05) is 0 Å². The van der Waals surface area contributed by atoms with Crippen molar-refractivity contribution >= 4 is 33.1 Å². The highest BCUT2D eigenvalue weighted by Crippen LogP contribution is 2.19. The van der Waals surface area contributed by atoms with Crippen molar-refractivity contribution in [2.45, 2.75) is 25.5 Å². The molecule has 112 valence electrons. The second kappa shape index (κ2) is 6.01. The van der Waals surface area contributed by atoms with E-state index in [-0.39, 0.29) is 23.6 Å². The van der Waals surface area contributed by atoms with Crippen molar-refractivity contribution in [2.75, 3.05) is 18.1 Å². The van der Waals surface area contributed by atoms with E-state index in [4.69, 9.17) is 22.1 Å². The lowest BCUT2D eigenvalue weighted by atomic mass is 10.2. The molecule has 0 saturated heterocycles. The number of nitrogen functional groups attached to an aromatic ring is 1. The maximum Gasteiger partial charge on any atom is 0.340 e. The Kier molecular flexibility index (Phi) is 5.05. The van der Waals surface area contributed by atoms with Gasteiger partial charge < -0.3 is 10.5 Å². The van der Waals surface area contributed by atoms with E-state index in [9.17, 15) is 13.2 Å². The normalized spacial score (nSPS) is 12.2. The van der Waals surface area contributed by atoms with Crippen LogP contribution in [0.5, 0.6) is 0 Å². The number of carbonyl (C=O) groups excluding carboxylic acids is 1. The highest BCUT2D eigenvalue weighted by molar-refractivity contribution is 7.92. The Labute approximate surface area is 124 Å². The van der Waals surface area contributed by atoms with E-state index >= 15 is 0 Å². The summed E-state index contributed by atoms with van der Waals surface area (Å²) in [7, 11) is -3.32. The average molecular weight is 320 g/mol. The molecule has 2 N–H and O–H groups in total. The molecule has 0 aromatic heterocycles. The first-order chi connectivity index (χ1) is 9.04. The zero-order valence-electron chi connectivity index (χ0n) is 11.6. The van der Waals surface area contributed by atoms with Gasteiger partial charge in [0.25, 0.3) is 0 Å². The lowest BCUT2D eigenvalue weighted by molar-refractivity contribution is 0.0530. The van der Waals surface area contributed by atoms with Crippen LogP contribution < -0.4 is 5.73 Å². The minimum atomic E-state index is -3.32. The molecule has 0 heterocycles. The largest absolute Gasteiger partial charge is 0.461 e. The van der Waals surface area contributed by atoms with Gasteiger partial charge in [-0.25, -0.2) is 13.2 Å². The molecule has 0 radical (unpaired) electrons. The first kappa shape index (κ1) is 16.8. The second-order valence-corrected chi connectivity index (χ2v) is 8.60. The lowest BCUT2D eigenvalue weighted by Gasteiger charge is -2.18. The molecule has 1 aromatic carbocycles. The van der Waals surface area contributed by atoms with Crippen molar-refractivity contribution in [2.24, 2.45) is 0 Å². The number of rotatable bonds is 4. The zero-order chi connectivity index (χ0) is 15.6. The van der Waals surface area contributed by atoms with Crippen LogP contribution in [0, 0.1) is 0 Å². The van der Waals surface area contributed by atoms with Crippen LogP contribution in [0.2, 0.25) is 5.02 Å². The summed E-state index contributed by atoms with van der Waals surface area (Å²) >= 11 is 5.72. The Morgan fingerprint density at radius 3 is 2.45 bits per heavy atom. The van der Waals surface area contributed by atoms with Crippen LogP contribution in [0.25, 0.3) is 0 Å². The molecule has 0 spiro atoms. The summed E-state index contributed by atoms with van der Waals surface area (Å²) in [4.78, 5) is 11.8. The van der Waals surface area contributed by atoms with E-state index < -0.39 is 20.6 Å². The zero-order valence-corrected chi connectivity index (χ0v) is 13.2. The van der Waals surface area contributed by atoms with Crippen LogP contribution in [0.1, 0.15) is 31.1 Å². The molecule has 20 heavy (non-hydrogen) atoms. The summed E-state index contributed by atoms with van der Waals surface area (Å²) in [6.07, 6.45) is 0. The summed E-state index contributed by atoms with van der Waals surface area (Å²) < 4.78 is 27.8. The van der Waals surface area contributed by atoms with Gasteiger partial charge in [0.05, 0.1) is 16.1 Å². The molecule has 0 aliphatic heterocycles. The molecule has 0 saturated carbocycles. The Bertz CT molecular complexity index is 605. The topological polar surface area (TPSA) is 86.5 Å². The summed E-state index contributed by atoms with van der Waals surface area (Å²) in [5, 5.41) is 0.411. The molecule has 0 unspecified atom stereocenters. The lowest BCUT2D eigenvalue weighted by Crippen LogP contribution is -2.32. The molecule has 0 atom stereocenters. The maximum absolute atomic E-state index is 11.8. The predicted molar refractivity (Wildman–Crippen MR) is 79.7 cm³/mol. The maximum atomic E-state index is 11.8. The Morgan fingerprint density at radius 2 is 1.95 bits per heavy atom. The highest BCUT2D eigenvalue weighted by Gasteiger charge is 2.28. The van der Waals surface area contributed by atoms with E-state index in [1.165, 1.54) is 18.2 Å². The van der Waals surface area contributed by atoms with Crippen molar-refractivity contribution in [3.05, 3.63) is 28.8 Å². The van der Waals surface area contributed by atoms with Gasteiger partial charge in [0.1, 0.15) is 6.61 Å². The second-order valence-electron chi connectivity index (χ2n) is 5.30. The summed E-state index contributed by atoms with van der Waals surface area (Å²) in [5.41, 5.74) is 6.01. The average Bonchev–Trinajstić information content (AvgIpc) is 2.26. The summed E-state index contributed by atoms with van der Waals surface area (Å²) in [6.45, 7) is 4.59. The first-order valence-corrected chi connectivity index (χ1v) is 8.02. The third kappa shape index (κ3) is 4.11. The van der Waals surface area contributed by atoms with Crippen LogP contribution in [-0.4, -0.2) is 31.5 Å². The molecule has 0 fully saturated rings. The molecule has 1 rings (SSSR count). The van der Waals surface area contributed by atoms with Crippen molar-refractivity contribution in [3.63, 3.8) is 0 Å². The van der Waals surface area contributed by atoms with Gasteiger partial charge in [0, 0.05) is 10.7 Å². The van der Waals surface area contributed by atoms with Crippen molar-refractivity contribution < 1.29 is 17.9 Å². The summed E-state index contributed by atoms with van der Waals surface area (Å²) in [6, 6.07) is 4.39. The quantitative estimate of drug-likeness (QED) is 0.679. The van der Waals surface area contributed by atoms with Gasteiger partial charge in [0.2, 0.25) is 0 Å². The van der Waals surface area contributed by atoms with Crippen LogP contribution in [0.4, 0.5) is 5.69 Å². The molecule has 0 aliphatic carbocycles.